The minimum Gasteiger partial charge on any atom is -0.388 e. The minimum atomic E-state index is 1.05. The molecule has 0 radical (unpaired) electrons. The van der Waals surface area contributed by atoms with Gasteiger partial charge >= 0.3 is 0 Å². The van der Waals surface area contributed by atoms with E-state index < -0.39 is 0 Å². The van der Waals surface area contributed by atoms with Crippen LogP contribution in [0.15, 0.2) is 54.6 Å². The highest BCUT2D eigenvalue weighted by molar-refractivity contribution is 5.65. The van der Waals surface area contributed by atoms with E-state index in [0.717, 1.165) is 12.2 Å². The van der Waals surface area contributed by atoms with Crippen molar-refractivity contribution in [3.05, 3.63) is 54.6 Å². The average molecular weight is 254 g/mol. The summed E-state index contributed by atoms with van der Waals surface area (Å²) in [5, 5.41) is 3.16. The van der Waals surface area contributed by atoms with Gasteiger partial charge in [-0.1, -0.05) is 31.5 Å². The van der Waals surface area contributed by atoms with E-state index in [4.69, 9.17) is 0 Å². The largest absolute Gasteiger partial charge is 0.388 e. The second kappa shape index (κ2) is 6.83. The number of hydrogen-bond acceptors (Lipinski definition) is 2. The van der Waals surface area contributed by atoms with Gasteiger partial charge in [0.2, 0.25) is 0 Å². The van der Waals surface area contributed by atoms with Gasteiger partial charge in [0.15, 0.2) is 0 Å². The maximum Gasteiger partial charge on any atom is 0.0412 e. The van der Waals surface area contributed by atoms with Gasteiger partial charge in [0.1, 0.15) is 0 Å². The van der Waals surface area contributed by atoms with Crippen LogP contribution in [0, 0.1) is 0 Å². The predicted molar refractivity (Wildman–Crippen MR) is 84.3 cm³/mol. The number of benzene rings is 2. The average Bonchev–Trinajstić information content (AvgIpc) is 2.49. The summed E-state index contributed by atoms with van der Waals surface area (Å²) >= 11 is 0. The molecule has 0 saturated heterocycles. The zero-order valence-electron chi connectivity index (χ0n) is 11.8. The standard InChI is InChI=1S/C17H22N2/c1-3-4-14-19(16-8-6-5-7-9-16)17-12-10-15(18-2)11-13-17/h5-13,18H,3-4,14H2,1-2H3. The number of para-hydroxylation sites is 1. The van der Waals surface area contributed by atoms with Crippen molar-refractivity contribution in [2.75, 3.05) is 23.8 Å². The lowest BCUT2D eigenvalue weighted by atomic mass is 10.2. The van der Waals surface area contributed by atoms with Crippen molar-refractivity contribution < 1.29 is 0 Å². The Hall–Kier alpha value is -1.96. The van der Waals surface area contributed by atoms with Gasteiger partial charge in [-0.25, -0.2) is 0 Å². The topological polar surface area (TPSA) is 15.3 Å². The molecule has 19 heavy (non-hydrogen) atoms. The number of anilines is 3. The Morgan fingerprint density at radius 3 is 2.11 bits per heavy atom. The molecule has 100 valence electrons. The van der Waals surface area contributed by atoms with Crippen LogP contribution >= 0.6 is 0 Å². The quantitative estimate of drug-likeness (QED) is 0.806. The first kappa shape index (κ1) is 13.5. The van der Waals surface area contributed by atoms with Gasteiger partial charge in [0, 0.05) is 30.7 Å². The third kappa shape index (κ3) is 3.50. The summed E-state index contributed by atoms with van der Waals surface area (Å²) in [6, 6.07) is 19.2. The summed E-state index contributed by atoms with van der Waals surface area (Å²) in [4.78, 5) is 2.38. The van der Waals surface area contributed by atoms with Crippen molar-refractivity contribution in [1.29, 1.82) is 0 Å². The van der Waals surface area contributed by atoms with Crippen LogP contribution in [0.4, 0.5) is 17.1 Å². The number of nitrogens with one attached hydrogen (secondary N) is 1. The fourth-order valence-corrected chi connectivity index (χ4v) is 2.14. The molecule has 0 spiro atoms. The van der Waals surface area contributed by atoms with Gasteiger partial charge in [0.05, 0.1) is 0 Å². The maximum absolute atomic E-state index is 3.16. The number of unbranched alkanes of at least 4 members (excludes halogenated alkanes) is 1. The van der Waals surface area contributed by atoms with Crippen molar-refractivity contribution in [2.45, 2.75) is 19.8 Å². The fraction of sp³-hybridized carbons (Fsp3) is 0.294. The Morgan fingerprint density at radius 2 is 1.53 bits per heavy atom. The summed E-state index contributed by atoms with van der Waals surface area (Å²) in [6.45, 7) is 3.28. The fourth-order valence-electron chi connectivity index (χ4n) is 2.14. The molecule has 1 N–H and O–H groups in total. The van der Waals surface area contributed by atoms with Gasteiger partial charge in [0.25, 0.3) is 0 Å². The van der Waals surface area contributed by atoms with Crippen LogP contribution in [0.5, 0.6) is 0 Å². The maximum atomic E-state index is 3.16. The van der Waals surface area contributed by atoms with E-state index in [0.29, 0.717) is 0 Å². The molecule has 0 aliphatic rings. The van der Waals surface area contributed by atoms with Crippen LogP contribution in [0.3, 0.4) is 0 Å². The zero-order chi connectivity index (χ0) is 13.5. The molecule has 2 aromatic carbocycles. The molecular formula is C17H22N2. The van der Waals surface area contributed by atoms with E-state index >= 15 is 0 Å². The molecule has 0 atom stereocenters. The minimum absolute atomic E-state index is 1.05. The molecule has 2 heteroatoms. The lowest BCUT2D eigenvalue weighted by Crippen LogP contribution is -2.18. The van der Waals surface area contributed by atoms with E-state index in [1.165, 1.54) is 24.2 Å². The van der Waals surface area contributed by atoms with E-state index in [1.54, 1.807) is 0 Å². The first-order valence-corrected chi connectivity index (χ1v) is 6.95. The molecule has 2 nitrogen and oxygen atoms in total. The summed E-state index contributed by atoms with van der Waals surface area (Å²) in [7, 11) is 1.95. The summed E-state index contributed by atoms with van der Waals surface area (Å²) in [6.07, 6.45) is 2.40. The van der Waals surface area contributed by atoms with Crippen molar-refractivity contribution in [1.82, 2.24) is 0 Å². The third-order valence-corrected chi connectivity index (χ3v) is 3.27. The smallest absolute Gasteiger partial charge is 0.0412 e. The van der Waals surface area contributed by atoms with E-state index in [9.17, 15) is 0 Å². The van der Waals surface area contributed by atoms with Crippen LogP contribution < -0.4 is 10.2 Å². The van der Waals surface area contributed by atoms with Gasteiger partial charge in [-0.15, -0.1) is 0 Å². The number of rotatable bonds is 6. The summed E-state index contributed by atoms with van der Waals surface area (Å²) in [5.74, 6) is 0. The van der Waals surface area contributed by atoms with Crippen molar-refractivity contribution in [3.63, 3.8) is 0 Å². The van der Waals surface area contributed by atoms with Crippen molar-refractivity contribution in [2.24, 2.45) is 0 Å². The first-order chi connectivity index (χ1) is 9.35. The zero-order valence-corrected chi connectivity index (χ0v) is 11.8. The molecule has 0 aliphatic heterocycles. The molecule has 0 aromatic heterocycles. The van der Waals surface area contributed by atoms with Crippen LogP contribution in [-0.4, -0.2) is 13.6 Å². The molecule has 2 aromatic rings. The Bertz CT molecular complexity index is 476. The summed E-state index contributed by atoms with van der Waals surface area (Å²) < 4.78 is 0. The second-order valence-corrected chi connectivity index (χ2v) is 4.64. The molecule has 0 aliphatic carbocycles. The lowest BCUT2D eigenvalue weighted by Gasteiger charge is -2.25. The number of hydrogen-bond donors (Lipinski definition) is 1. The van der Waals surface area contributed by atoms with Crippen molar-refractivity contribution >= 4 is 17.1 Å². The highest BCUT2D eigenvalue weighted by Crippen LogP contribution is 2.26. The second-order valence-electron chi connectivity index (χ2n) is 4.64. The Balaban J connectivity index is 2.26. The molecule has 2 rings (SSSR count). The SMILES string of the molecule is CCCCN(c1ccccc1)c1ccc(NC)cc1. The summed E-state index contributed by atoms with van der Waals surface area (Å²) in [5.41, 5.74) is 3.65. The van der Waals surface area contributed by atoms with E-state index in [1.807, 2.05) is 7.05 Å². The van der Waals surface area contributed by atoms with E-state index in [2.05, 4.69) is 71.7 Å². The number of nitrogens with zero attached hydrogens (tertiary/aromatic N) is 1. The molecule has 0 unspecified atom stereocenters. The Labute approximate surface area is 116 Å². The monoisotopic (exact) mass is 254 g/mol. The molecule has 0 fully saturated rings. The lowest BCUT2D eigenvalue weighted by molar-refractivity contribution is 0.786. The van der Waals surface area contributed by atoms with E-state index in [-0.39, 0.29) is 0 Å². The molecule has 0 saturated carbocycles. The van der Waals surface area contributed by atoms with Crippen LogP contribution in [-0.2, 0) is 0 Å². The normalized spacial score (nSPS) is 10.2. The predicted octanol–water partition coefficient (Wildman–Crippen LogP) is 4.67. The molecule has 0 bridgehead atoms. The van der Waals surface area contributed by atoms with Crippen LogP contribution in [0.2, 0.25) is 0 Å². The van der Waals surface area contributed by atoms with Gasteiger partial charge < -0.3 is 10.2 Å². The highest BCUT2D eigenvalue weighted by atomic mass is 15.1. The van der Waals surface area contributed by atoms with Gasteiger partial charge in [-0.05, 0) is 42.8 Å². The van der Waals surface area contributed by atoms with Gasteiger partial charge in [-0.2, -0.15) is 0 Å². The highest BCUT2D eigenvalue weighted by Gasteiger charge is 2.07. The molecule has 0 amide bonds. The van der Waals surface area contributed by atoms with Gasteiger partial charge in [-0.3, -0.25) is 0 Å². The molecule has 0 heterocycles. The Kier molecular flexibility index (Phi) is 4.85. The van der Waals surface area contributed by atoms with Crippen LogP contribution in [0.25, 0.3) is 0 Å². The third-order valence-electron chi connectivity index (χ3n) is 3.27. The van der Waals surface area contributed by atoms with Crippen molar-refractivity contribution in [3.8, 4) is 0 Å². The first-order valence-electron chi connectivity index (χ1n) is 6.95. The van der Waals surface area contributed by atoms with Crippen LogP contribution in [0.1, 0.15) is 19.8 Å². The molecular weight excluding hydrogens is 232 g/mol. The Morgan fingerprint density at radius 1 is 0.895 bits per heavy atom.